The molecule has 1 aliphatic carbocycles. The molecule has 6 nitrogen and oxygen atoms in total. The van der Waals surface area contributed by atoms with Gasteiger partial charge in [0.2, 0.25) is 5.91 Å². The highest BCUT2D eigenvalue weighted by molar-refractivity contribution is 5.92. The van der Waals surface area contributed by atoms with E-state index in [0.717, 1.165) is 18.4 Å². The van der Waals surface area contributed by atoms with Crippen LogP contribution in [0.3, 0.4) is 0 Å². The summed E-state index contributed by atoms with van der Waals surface area (Å²) in [7, 11) is 0. The van der Waals surface area contributed by atoms with Gasteiger partial charge in [0.15, 0.2) is 0 Å². The number of nitrogens with one attached hydrogen (secondary N) is 1. The molecule has 1 unspecified atom stereocenters. The average molecular weight is 425 g/mol. The predicted octanol–water partition coefficient (Wildman–Crippen LogP) is 3.03. The molecule has 1 aromatic heterocycles. The lowest BCUT2D eigenvalue weighted by molar-refractivity contribution is -0.123. The molecular formula is C24H29FN4O2. The van der Waals surface area contributed by atoms with Gasteiger partial charge in [0, 0.05) is 32.4 Å². The summed E-state index contributed by atoms with van der Waals surface area (Å²) in [5.41, 5.74) is 1.42. The molecule has 2 aromatic rings. The molecule has 31 heavy (non-hydrogen) atoms. The highest BCUT2D eigenvalue weighted by Gasteiger charge is 2.29. The summed E-state index contributed by atoms with van der Waals surface area (Å²) in [4.78, 5) is 33.4. The summed E-state index contributed by atoms with van der Waals surface area (Å²) in [6, 6.07) is 11.7. The van der Waals surface area contributed by atoms with Gasteiger partial charge >= 0.3 is 0 Å². The average Bonchev–Trinajstić information content (AvgIpc) is 3.33. The van der Waals surface area contributed by atoms with Crippen molar-refractivity contribution in [3.63, 3.8) is 0 Å². The minimum Gasteiger partial charge on any atom is -0.348 e. The van der Waals surface area contributed by atoms with Gasteiger partial charge < -0.3 is 10.2 Å². The van der Waals surface area contributed by atoms with E-state index in [0.29, 0.717) is 44.3 Å². The Morgan fingerprint density at radius 1 is 1.03 bits per heavy atom. The number of amides is 2. The Hall–Kier alpha value is -2.80. The maximum atomic E-state index is 13.4. The standard InChI is InChI=1S/C24H29FN4O2/c25-20-10-8-19(9-11-20)23(18-5-1-2-6-18)27-22(30)17-28-13-15-29(16-14-28)24(31)21-7-3-4-12-26-21/h3-4,7-12,18,23H,1-2,5-6,13-17H2,(H,27,30). The van der Waals surface area contributed by atoms with Crippen LogP contribution in [0.4, 0.5) is 4.39 Å². The summed E-state index contributed by atoms with van der Waals surface area (Å²) < 4.78 is 13.4. The Bertz CT molecular complexity index is 876. The molecular weight excluding hydrogens is 395 g/mol. The molecule has 2 heterocycles. The molecule has 0 radical (unpaired) electrons. The Balaban J connectivity index is 1.31. The van der Waals surface area contributed by atoms with Crippen LogP contribution in [0.15, 0.2) is 48.7 Å². The summed E-state index contributed by atoms with van der Waals surface area (Å²) in [6.07, 6.45) is 6.12. The SMILES string of the molecule is O=C(CN1CCN(C(=O)c2ccccn2)CC1)NC(c1ccc(F)cc1)C1CCCC1. The first-order chi connectivity index (χ1) is 15.1. The molecule has 2 fully saturated rings. The van der Waals surface area contributed by atoms with Crippen LogP contribution in [-0.4, -0.2) is 59.3 Å². The fourth-order valence-electron chi connectivity index (χ4n) is 4.62. The Morgan fingerprint density at radius 3 is 2.39 bits per heavy atom. The zero-order valence-electron chi connectivity index (χ0n) is 17.7. The normalized spacial score (nSPS) is 18.7. The maximum Gasteiger partial charge on any atom is 0.272 e. The van der Waals surface area contributed by atoms with Crippen LogP contribution in [0.1, 0.15) is 47.8 Å². The zero-order valence-corrected chi connectivity index (χ0v) is 17.7. The molecule has 2 aliphatic rings. The molecule has 4 rings (SSSR count). The first-order valence-electron chi connectivity index (χ1n) is 11.1. The monoisotopic (exact) mass is 424 g/mol. The van der Waals surface area contributed by atoms with Crippen molar-refractivity contribution in [2.24, 2.45) is 5.92 Å². The zero-order chi connectivity index (χ0) is 21.6. The summed E-state index contributed by atoms with van der Waals surface area (Å²) in [5.74, 6) is 0.0358. The van der Waals surface area contributed by atoms with Gasteiger partial charge in [-0.2, -0.15) is 0 Å². The highest BCUT2D eigenvalue weighted by Crippen LogP contribution is 2.35. The summed E-state index contributed by atoms with van der Waals surface area (Å²) >= 11 is 0. The van der Waals surface area contributed by atoms with Crippen LogP contribution in [0.25, 0.3) is 0 Å². The largest absolute Gasteiger partial charge is 0.348 e. The van der Waals surface area contributed by atoms with Gasteiger partial charge in [0.05, 0.1) is 12.6 Å². The van der Waals surface area contributed by atoms with E-state index in [1.165, 1.54) is 25.0 Å². The fraction of sp³-hybridized carbons (Fsp3) is 0.458. The number of rotatable bonds is 6. The predicted molar refractivity (Wildman–Crippen MR) is 116 cm³/mol. The molecule has 164 valence electrons. The molecule has 1 atom stereocenters. The van der Waals surface area contributed by atoms with Crippen molar-refractivity contribution < 1.29 is 14.0 Å². The number of aromatic nitrogens is 1. The Labute approximate surface area is 182 Å². The lowest BCUT2D eigenvalue weighted by Gasteiger charge is -2.34. The molecule has 1 saturated heterocycles. The second kappa shape index (κ2) is 10.0. The lowest BCUT2D eigenvalue weighted by Crippen LogP contribution is -2.51. The van der Waals surface area contributed by atoms with Crippen LogP contribution in [0.2, 0.25) is 0 Å². The summed E-state index contributed by atoms with van der Waals surface area (Å²) in [6.45, 7) is 2.75. The van der Waals surface area contributed by atoms with E-state index >= 15 is 0 Å². The van der Waals surface area contributed by atoms with Crippen molar-refractivity contribution in [3.05, 3.63) is 65.7 Å². The molecule has 1 aromatic carbocycles. The minimum absolute atomic E-state index is 0.0225. The van der Waals surface area contributed by atoms with Crippen molar-refractivity contribution in [1.29, 1.82) is 0 Å². The molecule has 2 amide bonds. The van der Waals surface area contributed by atoms with E-state index < -0.39 is 0 Å². The molecule has 0 spiro atoms. The molecule has 1 saturated carbocycles. The smallest absolute Gasteiger partial charge is 0.272 e. The number of hydrogen-bond donors (Lipinski definition) is 1. The van der Waals surface area contributed by atoms with Crippen molar-refractivity contribution in [3.8, 4) is 0 Å². The number of pyridine rings is 1. The first kappa shape index (κ1) is 21.4. The van der Waals surface area contributed by atoms with Crippen molar-refractivity contribution >= 4 is 11.8 Å². The lowest BCUT2D eigenvalue weighted by atomic mass is 9.91. The van der Waals surface area contributed by atoms with Crippen LogP contribution in [0.5, 0.6) is 0 Å². The third kappa shape index (κ3) is 5.47. The number of halogens is 1. The maximum absolute atomic E-state index is 13.4. The fourth-order valence-corrected chi connectivity index (χ4v) is 4.62. The molecule has 0 bridgehead atoms. The van der Waals surface area contributed by atoms with Crippen molar-refractivity contribution in [1.82, 2.24) is 20.1 Å². The number of nitrogens with zero attached hydrogens (tertiary/aromatic N) is 3. The highest BCUT2D eigenvalue weighted by atomic mass is 19.1. The van der Waals surface area contributed by atoms with Gasteiger partial charge in [-0.3, -0.25) is 19.5 Å². The summed E-state index contributed by atoms with van der Waals surface area (Å²) in [5, 5.41) is 3.21. The van der Waals surface area contributed by atoms with E-state index in [4.69, 9.17) is 0 Å². The number of benzene rings is 1. The second-order valence-electron chi connectivity index (χ2n) is 8.42. The van der Waals surface area contributed by atoms with E-state index in [2.05, 4.69) is 15.2 Å². The second-order valence-corrected chi connectivity index (χ2v) is 8.42. The molecule has 7 heteroatoms. The quantitative estimate of drug-likeness (QED) is 0.774. The van der Waals surface area contributed by atoms with E-state index in [1.807, 2.05) is 6.07 Å². The van der Waals surface area contributed by atoms with E-state index in [9.17, 15) is 14.0 Å². The number of hydrogen-bond acceptors (Lipinski definition) is 4. The van der Waals surface area contributed by atoms with Gasteiger partial charge in [-0.1, -0.05) is 31.0 Å². The van der Waals surface area contributed by atoms with Crippen LogP contribution < -0.4 is 5.32 Å². The number of carbonyl (C=O) groups is 2. The van der Waals surface area contributed by atoms with Gasteiger partial charge in [-0.25, -0.2) is 4.39 Å². The van der Waals surface area contributed by atoms with Gasteiger partial charge in [0.25, 0.3) is 5.91 Å². The van der Waals surface area contributed by atoms with Crippen molar-refractivity contribution in [2.45, 2.75) is 31.7 Å². The molecule has 1 N–H and O–H groups in total. The van der Waals surface area contributed by atoms with Gasteiger partial charge in [-0.05, 0) is 48.6 Å². The van der Waals surface area contributed by atoms with Crippen molar-refractivity contribution in [2.75, 3.05) is 32.7 Å². The van der Waals surface area contributed by atoms with Gasteiger partial charge in [0.1, 0.15) is 11.5 Å². The molecule has 1 aliphatic heterocycles. The third-order valence-corrected chi connectivity index (χ3v) is 6.33. The van der Waals surface area contributed by atoms with Crippen LogP contribution in [0, 0.1) is 11.7 Å². The first-order valence-corrected chi connectivity index (χ1v) is 11.1. The van der Waals surface area contributed by atoms with E-state index in [-0.39, 0.29) is 23.7 Å². The Kier molecular flexibility index (Phi) is 6.92. The Morgan fingerprint density at radius 2 is 1.74 bits per heavy atom. The van der Waals surface area contributed by atoms with Gasteiger partial charge in [-0.15, -0.1) is 0 Å². The topological polar surface area (TPSA) is 65.5 Å². The van der Waals surface area contributed by atoms with E-state index in [1.54, 1.807) is 35.4 Å². The minimum atomic E-state index is -0.265. The van der Waals surface area contributed by atoms with Crippen LogP contribution in [-0.2, 0) is 4.79 Å². The van der Waals surface area contributed by atoms with Crippen LogP contribution >= 0.6 is 0 Å². The number of piperazine rings is 1. The third-order valence-electron chi connectivity index (χ3n) is 6.33. The number of carbonyl (C=O) groups excluding carboxylic acids is 2.